The Kier molecular flexibility index (Phi) is 3.95. The number of rotatable bonds is 5. The third kappa shape index (κ3) is 3.02. The summed E-state index contributed by atoms with van der Waals surface area (Å²) in [6.45, 7) is 0.106. The molecule has 1 amide bonds. The highest BCUT2D eigenvalue weighted by molar-refractivity contribution is 5.74. The summed E-state index contributed by atoms with van der Waals surface area (Å²) in [5, 5.41) is 2.50. The van der Waals surface area contributed by atoms with Crippen LogP contribution in [0, 0.1) is 11.6 Å². The van der Waals surface area contributed by atoms with E-state index in [0.717, 1.165) is 0 Å². The van der Waals surface area contributed by atoms with Gasteiger partial charge in [-0.05, 0) is 0 Å². The van der Waals surface area contributed by atoms with Gasteiger partial charge in [0.05, 0.1) is 0 Å². The van der Waals surface area contributed by atoms with E-state index in [0.29, 0.717) is 6.07 Å². The van der Waals surface area contributed by atoms with E-state index in [1.165, 1.54) is 0 Å². The van der Waals surface area contributed by atoms with Gasteiger partial charge in [-0.3, -0.25) is 4.79 Å². The zero-order chi connectivity index (χ0) is 12.1. The first-order valence-electron chi connectivity index (χ1n) is 4.39. The number of primary amides is 1. The highest BCUT2D eigenvalue weighted by Crippen LogP contribution is 2.17. The van der Waals surface area contributed by atoms with E-state index in [4.69, 9.17) is 11.6 Å². The van der Waals surface area contributed by atoms with Crippen LogP contribution in [0.15, 0.2) is 6.07 Å². The van der Waals surface area contributed by atoms with Crippen molar-refractivity contribution in [3.63, 3.8) is 0 Å². The van der Waals surface area contributed by atoms with Gasteiger partial charge in [0.1, 0.15) is 0 Å². The standard InChI is InChI=1S/C8H11F2N5O/c9-4-3-5(10)8(15-12)14-7(4)13-2-1-6(11)16/h3H,1-2,12H2,(H2,11,16)(H2,13,14,15). The molecular weight excluding hydrogens is 220 g/mol. The average Bonchev–Trinajstić information content (AvgIpc) is 2.20. The molecule has 0 radical (unpaired) electrons. The van der Waals surface area contributed by atoms with E-state index in [9.17, 15) is 13.6 Å². The number of nitrogens with two attached hydrogens (primary N) is 2. The largest absolute Gasteiger partial charge is 0.370 e. The van der Waals surface area contributed by atoms with E-state index in [-0.39, 0.29) is 24.6 Å². The third-order valence-corrected chi connectivity index (χ3v) is 1.73. The van der Waals surface area contributed by atoms with E-state index < -0.39 is 17.5 Å². The summed E-state index contributed by atoms with van der Waals surface area (Å²) in [7, 11) is 0. The second kappa shape index (κ2) is 5.21. The Labute approximate surface area is 90.0 Å². The van der Waals surface area contributed by atoms with Crippen LogP contribution in [-0.4, -0.2) is 17.4 Å². The molecule has 1 aromatic heterocycles. The number of pyridine rings is 1. The number of nitrogens with one attached hydrogen (secondary N) is 2. The maximum atomic E-state index is 13.1. The summed E-state index contributed by atoms with van der Waals surface area (Å²) in [4.78, 5) is 14.0. The summed E-state index contributed by atoms with van der Waals surface area (Å²) in [6.07, 6.45) is 0.0177. The molecular formula is C8H11F2N5O. The minimum absolute atomic E-state index is 0.0177. The number of nitrogens with zero attached hydrogens (tertiary/aromatic N) is 1. The van der Waals surface area contributed by atoms with Crippen molar-refractivity contribution < 1.29 is 13.6 Å². The SMILES string of the molecule is NNc1nc(NCCC(N)=O)c(F)cc1F. The molecule has 0 saturated heterocycles. The van der Waals surface area contributed by atoms with Crippen molar-refractivity contribution in [2.45, 2.75) is 6.42 Å². The lowest BCUT2D eigenvalue weighted by Crippen LogP contribution is -2.18. The minimum Gasteiger partial charge on any atom is -0.370 e. The molecule has 0 aliphatic heterocycles. The highest BCUT2D eigenvalue weighted by Gasteiger charge is 2.10. The van der Waals surface area contributed by atoms with E-state index in [1.54, 1.807) is 0 Å². The second-order valence-corrected chi connectivity index (χ2v) is 2.94. The van der Waals surface area contributed by atoms with Gasteiger partial charge in [0.25, 0.3) is 0 Å². The molecule has 0 unspecified atom stereocenters. The molecule has 6 N–H and O–H groups in total. The molecule has 0 bridgehead atoms. The van der Waals surface area contributed by atoms with Crippen LogP contribution in [0.1, 0.15) is 6.42 Å². The Morgan fingerprint density at radius 1 is 1.38 bits per heavy atom. The first-order chi connectivity index (χ1) is 7.54. The lowest BCUT2D eigenvalue weighted by Gasteiger charge is -2.08. The van der Waals surface area contributed by atoms with Crippen molar-refractivity contribution in [2.75, 3.05) is 17.3 Å². The zero-order valence-corrected chi connectivity index (χ0v) is 8.26. The molecule has 1 rings (SSSR count). The third-order valence-electron chi connectivity index (χ3n) is 1.73. The van der Waals surface area contributed by atoms with Crippen molar-refractivity contribution in [3.8, 4) is 0 Å². The predicted molar refractivity (Wildman–Crippen MR) is 54.3 cm³/mol. The Balaban J connectivity index is 2.75. The number of nitrogen functional groups attached to an aromatic ring is 1. The Bertz CT molecular complexity index is 398. The van der Waals surface area contributed by atoms with Crippen molar-refractivity contribution >= 4 is 17.5 Å². The molecule has 1 aromatic rings. The molecule has 0 saturated carbocycles. The number of hydrogen-bond donors (Lipinski definition) is 4. The quantitative estimate of drug-likeness (QED) is 0.419. The summed E-state index contributed by atoms with van der Waals surface area (Å²) in [5.41, 5.74) is 6.87. The van der Waals surface area contributed by atoms with Gasteiger partial charge in [-0.2, -0.15) is 0 Å². The van der Waals surface area contributed by atoms with Crippen molar-refractivity contribution in [1.82, 2.24) is 4.98 Å². The van der Waals surface area contributed by atoms with Crippen LogP contribution in [-0.2, 0) is 4.79 Å². The number of carbonyl (C=O) groups is 1. The monoisotopic (exact) mass is 231 g/mol. The number of carbonyl (C=O) groups excluding carboxylic acids is 1. The van der Waals surface area contributed by atoms with Gasteiger partial charge in [0.2, 0.25) is 5.91 Å². The lowest BCUT2D eigenvalue weighted by molar-refractivity contribution is -0.117. The molecule has 0 aliphatic carbocycles. The van der Waals surface area contributed by atoms with Crippen molar-refractivity contribution in [2.24, 2.45) is 11.6 Å². The van der Waals surface area contributed by atoms with Gasteiger partial charge in [-0.1, -0.05) is 0 Å². The fraction of sp³-hybridized carbons (Fsp3) is 0.250. The van der Waals surface area contributed by atoms with Crippen LogP contribution in [0.4, 0.5) is 20.4 Å². The van der Waals surface area contributed by atoms with E-state index in [1.807, 2.05) is 5.43 Å². The summed E-state index contributed by atoms with van der Waals surface area (Å²) in [5.74, 6) is 2.17. The topological polar surface area (TPSA) is 106 Å². The van der Waals surface area contributed by atoms with Crippen LogP contribution in [0.25, 0.3) is 0 Å². The molecule has 0 atom stereocenters. The normalized spacial score (nSPS) is 9.94. The maximum absolute atomic E-state index is 13.1. The Morgan fingerprint density at radius 2 is 2.00 bits per heavy atom. The Hall–Kier alpha value is -1.96. The molecule has 0 spiro atoms. The fourth-order valence-corrected chi connectivity index (χ4v) is 0.996. The van der Waals surface area contributed by atoms with E-state index >= 15 is 0 Å². The van der Waals surface area contributed by atoms with Gasteiger partial charge in [0.15, 0.2) is 23.3 Å². The maximum Gasteiger partial charge on any atom is 0.219 e. The van der Waals surface area contributed by atoms with Gasteiger partial charge < -0.3 is 16.5 Å². The Morgan fingerprint density at radius 3 is 2.56 bits per heavy atom. The molecule has 0 aromatic carbocycles. The van der Waals surface area contributed by atoms with Crippen LogP contribution in [0.5, 0.6) is 0 Å². The second-order valence-electron chi connectivity index (χ2n) is 2.94. The molecule has 1 heterocycles. The molecule has 6 nitrogen and oxygen atoms in total. The van der Waals surface area contributed by atoms with Crippen molar-refractivity contribution in [1.29, 1.82) is 0 Å². The van der Waals surface area contributed by atoms with Gasteiger partial charge in [0, 0.05) is 19.0 Å². The first kappa shape index (κ1) is 12.1. The van der Waals surface area contributed by atoms with Gasteiger partial charge in [-0.25, -0.2) is 19.6 Å². The van der Waals surface area contributed by atoms with Crippen molar-refractivity contribution in [3.05, 3.63) is 17.7 Å². The van der Waals surface area contributed by atoms with E-state index in [2.05, 4.69) is 10.3 Å². The smallest absolute Gasteiger partial charge is 0.219 e. The molecule has 0 aliphatic rings. The van der Waals surface area contributed by atoms with Crippen LogP contribution < -0.4 is 22.3 Å². The fourth-order valence-electron chi connectivity index (χ4n) is 0.996. The van der Waals surface area contributed by atoms with Gasteiger partial charge in [-0.15, -0.1) is 0 Å². The van der Waals surface area contributed by atoms with Crippen LogP contribution in [0.3, 0.4) is 0 Å². The molecule has 88 valence electrons. The molecule has 0 fully saturated rings. The summed E-state index contributed by atoms with van der Waals surface area (Å²) >= 11 is 0. The zero-order valence-electron chi connectivity index (χ0n) is 8.26. The number of aromatic nitrogens is 1. The molecule has 8 heteroatoms. The number of hydrazine groups is 1. The molecule has 16 heavy (non-hydrogen) atoms. The van der Waals surface area contributed by atoms with Crippen LogP contribution >= 0.6 is 0 Å². The average molecular weight is 231 g/mol. The number of halogens is 2. The first-order valence-corrected chi connectivity index (χ1v) is 4.39. The number of amides is 1. The van der Waals surface area contributed by atoms with Crippen LogP contribution in [0.2, 0.25) is 0 Å². The highest BCUT2D eigenvalue weighted by atomic mass is 19.1. The number of hydrogen-bond acceptors (Lipinski definition) is 5. The predicted octanol–water partition coefficient (Wildman–Crippen LogP) is -0.0673. The van der Waals surface area contributed by atoms with Gasteiger partial charge >= 0.3 is 0 Å². The lowest BCUT2D eigenvalue weighted by atomic mass is 10.3. The summed E-state index contributed by atoms with van der Waals surface area (Å²) < 4.78 is 26.1. The number of anilines is 2. The summed E-state index contributed by atoms with van der Waals surface area (Å²) in [6, 6.07) is 0.634. The minimum atomic E-state index is -0.902.